The minimum absolute atomic E-state index is 0.170. The number of carbonyl (C=O) groups is 3. The summed E-state index contributed by atoms with van der Waals surface area (Å²) in [5, 5.41) is 9.21. The molecule has 198 valence electrons. The van der Waals surface area contributed by atoms with E-state index in [4.69, 9.17) is 9.47 Å². The van der Waals surface area contributed by atoms with Gasteiger partial charge in [-0.1, -0.05) is 43.7 Å². The molecule has 3 aromatic rings. The first-order valence-corrected chi connectivity index (χ1v) is 12.3. The summed E-state index contributed by atoms with van der Waals surface area (Å²) in [5.41, 5.74) is 5.98. The number of rotatable bonds is 11. The summed E-state index contributed by atoms with van der Waals surface area (Å²) in [4.78, 5) is 36.6. The molecular formula is C29H32N4O5. The number of hydrazone groups is 1. The van der Waals surface area contributed by atoms with Gasteiger partial charge in [-0.05, 0) is 73.4 Å². The summed E-state index contributed by atoms with van der Waals surface area (Å²) in [6, 6.07) is 19.4. The zero-order valence-electron chi connectivity index (χ0n) is 21.7. The average molecular weight is 517 g/mol. The van der Waals surface area contributed by atoms with Crippen molar-refractivity contribution in [3.05, 3.63) is 83.4 Å². The van der Waals surface area contributed by atoms with E-state index in [0.717, 1.165) is 29.7 Å². The fourth-order valence-corrected chi connectivity index (χ4v) is 3.39. The van der Waals surface area contributed by atoms with Gasteiger partial charge in [0.05, 0.1) is 12.8 Å². The number of nitrogens with one attached hydrogen (secondary N) is 3. The normalized spacial score (nSPS) is 10.6. The Morgan fingerprint density at radius 1 is 0.842 bits per heavy atom. The first kappa shape index (κ1) is 27.9. The van der Waals surface area contributed by atoms with Gasteiger partial charge in [0.1, 0.15) is 11.5 Å². The van der Waals surface area contributed by atoms with Crippen LogP contribution in [0.1, 0.15) is 36.5 Å². The van der Waals surface area contributed by atoms with Crippen molar-refractivity contribution in [1.82, 2.24) is 5.43 Å². The predicted molar refractivity (Wildman–Crippen MR) is 148 cm³/mol. The van der Waals surface area contributed by atoms with Gasteiger partial charge >= 0.3 is 11.8 Å². The third-order valence-electron chi connectivity index (χ3n) is 5.44. The van der Waals surface area contributed by atoms with Gasteiger partial charge in [0.2, 0.25) is 0 Å². The van der Waals surface area contributed by atoms with Gasteiger partial charge in [0, 0.05) is 11.4 Å². The van der Waals surface area contributed by atoms with Crippen LogP contribution in [0, 0.1) is 13.8 Å². The van der Waals surface area contributed by atoms with Gasteiger partial charge in [-0.15, -0.1) is 0 Å². The van der Waals surface area contributed by atoms with Gasteiger partial charge < -0.3 is 20.1 Å². The van der Waals surface area contributed by atoms with E-state index in [1.54, 1.807) is 48.5 Å². The third-order valence-corrected chi connectivity index (χ3v) is 5.44. The molecule has 0 spiro atoms. The van der Waals surface area contributed by atoms with Crippen LogP contribution in [0.4, 0.5) is 11.4 Å². The van der Waals surface area contributed by atoms with Crippen LogP contribution < -0.4 is 25.5 Å². The fourth-order valence-electron chi connectivity index (χ4n) is 3.39. The number of para-hydroxylation sites is 1. The van der Waals surface area contributed by atoms with Gasteiger partial charge in [0.15, 0.2) is 6.61 Å². The highest BCUT2D eigenvalue weighted by Crippen LogP contribution is 2.20. The van der Waals surface area contributed by atoms with Crippen molar-refractivity contribution in [1.29, 1.82) is 0 Å². The molecule has 3 rings (SSSR count). The molecule has 0 aliphatic carbocycles. The van der Waals surface area contributed by atoms with E-state index in [-0.39, 0.29) is 12.5 Å². The lowest BCUT2D eigenvalue weighted by Gasteiger charge is -2.12. The number of aryl methyl sites for hydroxylation is 2. The molecule has 0 aliphatic rings. The van der Waals surface area contributed by atoms with Crippen molar-refractivity contribution in [3.63, 3.8) is 0 Å². The Kier molecular flexibility index (Phi) is 10.4. The number of carbonyl (C=O) groups excluding carboxylic acids is 3. The lowest BCUT2D eigenvalue weighted by molar-refractivity contribution is -0.136. The number of nitrogens with zero attached hydrogens (tertiary/aromatic N) is 1. The van der Waals surface area contributed by atoms with Crippen molar-refractivity contribution < 1.29 is 23.9 Å². The Balaban J connectivity index is 1.45. The van der Waals surface area contributed by atoms with Crippen LogP contribution in [0.2, 0.25) is 0 Å². The molecule has 0 fully saturated rings. The van der Waals surface area contributed by atoms with Gasteiger partial charge in [-0.3, -0.25) is 14.4 Å². The Morgan fingerprint density at radius 2 is 1.55 bits per heavy atom. The first-order chi connectivity index (χ1) is 18.4. The maximum absolute atomic E-state index is 12.3. The lowest BCUT2D eigenvalue weighted by atomic mass is 10.1. The third kappa shape index (κ3) is 8.77. The minimum Gasteiger partial charge on any atom is -0.494 e. The SMILES string of the molecule is CCCCOc1ccc(NC(=O)C(=O)N/N=C\c2cccc(OCC(=O)Nc3c(C)cccc3C)c2)cc1. The molecule has 9 nitrogen and oxygen atoms in total. The number of benzene rings is 3. The molecule has 38 heavy (non-hydrogen) atoms. The summed E-state index contributed by atoms with van der Waals surface area (Å²) in [6.07, 6.45) is 3.37. The number of anilines is 2. The molecule has 0 unspecified atom stereocenters. The maximum atomic E-state index is 12.3. The van der Waals surface area contributed by atoms with Crippen molar-refractivity contribution in [2.45, 2.75) is 33.6 Å². The van der Waals surface area contributed by atoms with E-state index in [0.29, 0.717) is 29.4 Å². The summed E-state index contributed by atoms with van der Waals surface area (Å²) in [7, 11) is 0. The highest BCUT2D eigenvalue weighted by Gasteiger charge is 2.13. The lowest BCUT2D eigenvalue weighted by Crippen LogP contribution is -2.32. The second-order valence-corrected chi connectivity index (χ2v) is 8.56. The van der Waals surface area contributed by atoms with Gasteiger partial charge in [0.25, 0.3) is 5.91 Å². The number of hydrogen-bond acceptors (Lipinski definition) is 6. The fraction of sp³-hybridized carbons (Fsp3) is 0.241. The zero-order valence-corrected chi connectivity index (χ0v) is 21.7. The first-order valence-electron chi connectivity index (χ1n) is 12.3. The molecule has 0 aromatic heterocycles. The molecule has 0 atom stereocenters. The predicted octanol–water partition coefficient (Wildman–Crippen LogP) is 4.59. The average Bonchev–Trinajstić information content (AvgIpc) is 2.91. The quantitative estimate of drug-likeness (QED) is 0.149. The molecule has 0 saturated heterocycles. The van der Waals surface area contributed by atoms with E-state index in [2.05, 4.69) is 28.1 Å². The minimum atomic E-state index is -0.917. The number of hydrogen-bond donors (Lipinski definition) is 3. The summed E-state index contributed by atoms with van der Waals surface area (Å²) in [5.74, 6) is -0.900. The van der Waals surface area contributed by atoms with Crippen molar-refractivity contribution in [2.75, 3.05) is 23.8 Å². The second-order valence-electron chi connectivity index (χ2n) is 8.56. The maximum Gasteiger partial charge on any atom is 0.329 e. The highest BCUT2D eigenvalue weighted by molar-refractivity contribution is 6.39. The molecule has 0 bridgehead atoms. The van der Waals surface area contributed by atoms with Crippen LogP contribution in [-0.2, 0) is 14.4 Å². The largest absolute Gasteiger partial charge is 0.494 e. The molecule has 0 heterocycles. The summed E-state index contributed by atoms with van der Waals surface area (Å²) in [6.45, 7) is 6.39. The van der Waals surface area contributed by atoms with Crippen LogP contribution in [0.15, 0.2) is 71.8 Å². The second kappa shape index (κ2) is 14.2. The van der Waals surface area contributed by atoms with Crippen molar-refractivity contribution in [3.8, 4) is 11.5 Å². The Bertz CT molecular complexity index is 1270. The summed E-state index contributed by atoms with van der Waals surface area (Å²) < 4.78 is 11.2. The Morgan fingerprint density at radius 3 is 2.26 bits per heavy atom. The molecule has 3 amide bonds. The number of ether oxygens (including phenoxy) is 2. The molecule has 0 aliphatic heterocycles. The van der Waals surface area contributed by atoms with E-state index in [1.807, 2.05) is 32.0 Å². The van der Waals surface area contributed by atoms with Crippen LogP contribution in [0.5, 0.6) is 11.5 Å². The Labute approximate surface area is 222 Å². The van der Waals surface area contributed by atoms with Crippen LogP contribution in [0.25, 0.3) is 0 Å². The standard InChI is InChI=1S/C29H32N4O5/c1-4-5-16-37-24-14-12-23(13-15-24)31-28(35)29(36)33-30-18-22-10-7-11-25(17-22)38-19-26(34)32-27-20(2)8-6-9-21(27)3/h6-15,17-18H,4-5,16,19H2,1-3H3,(H,31,35)(H,32,34)(H,33,36)/b30-18-. The van der Waals surface area contributed by atoms with Crippen LogP contribution in [0.3, 0.4) is 0 Å². The topological polar surface area (TPSA) is 118 Å². The number of unbranched alkanes of at least 4 members (excludes halogenated alkanes) is 1. The summed E-state index contributed by atoms with van der Waals surface area (Å²) >= 11 is 0. The molecule has 9 heteroatoms. The van der Waals surface area contributed by atoms with E-state index in [1.165, 1.54) is 6.21 Å². The molecule has 3 aromatic carbocycles. The van der Waals surface area contributed by atoms with Gasteiger partial charge in [-0.25, -0.2) is 5.43 Å². The van der Waals surface area contributed by atoms with Crippen LogP contribution in [-0.4, -0.2) is 37.1 Å². The zero-order chi connectivity index (χ0) is 27.3. The van der Waals surface area contributed by atoms with Gasteiger partial charge in [-0.2, -0.15) is 5.10 Å². The van der Waals surface area contributed by atoms with E-state index < -0.39 is 11.8 Å². The van der Waals surface area contributed by atoms with Crippen molar-refractivity contribution in [2.24, 2.45) is 5.10 Å². The van der Waals surface area contributed by atoms with E-state index >= 15 is 0 Å². The number of amides is 3. The molecule has 0 radical (unpaired) electrons. The Hall–Kier alpha value is -4.66. The smallest absolute Gasteiger partial charge is 0.329 e. The highest BCUT2D eigenvalue weighted by atomic mass is 16.5. The molecular weight excluding hydrogens is 484 g/mol. The monoisotopic (exact) mass is 516 g/mol. The molecule has 0 saturated carbocycles. The van der Waals surface area contributed by atoms with Crippen LogP contribution >= 0.6 is 0 Å². The van der Waals surface area contributed by atoms with E-state index in [9.17, 15) is 14.4 Å². The molecule has 3 N–H and O–H groups in total. The van der Waals surface area contributed by atoms with Crippen molar-refractivity contribution >= 4 is 35.3 Å².